The van der Waals surface area contributed by atoms with Crippen molar-refractivity contribution < 1.29 is 9.15 Å². The Labute approximate surface area is 113 Å². The van der Waals surface area contributed by atoms with Crippen LogP contribution >= 0.6 is 0 Å². The lowest BCUT2D eigenvalue weighted by molar-refractivity contribution is 0.132. The molecular formula is C13H16N2O5. The number of nitrogens with one attached hydrogen (secondary N) is 2. The topological polar surface area (TPSA) is 105 Å². The quantitative estimate of drug-likeness (QED) is 0.751. The van der Waals surface area contributed by atoms with Crippen molar-refractivity contribution in [2.45, 2.75) is 26.2 Å². The van der Waals surface area contributed by atoms with Crippen LogP contribution in [0.15, 0.2) is 24.9 Å². The van der Waals surface area contributed by atoms with E-state index in [-0.39, 0.29) is 11.1 Å². The highest BCUT2D eigenvalue weighted by Crippen LogP contribution is 2.11. The third-order valence-electron chi connectivity index (χ3n) is 2.81. The average Bonchev–Trinajstić information content (AvgIpc) is 2.36. The van der Waals surface area contributed by atoms with Gasteiger partial charge in [0.2, 0.25) is 5.71 Å². The van der Waals surface area contributed by atoms with Gasteiger partial charge in [0.1, 0.15) is 5.39 Å². The van der Waals surface area contributed by atoms with Crippen LogP contribution in [0, 0.1) is 0 Å². The Morgan fingerprint density at radius 3 is 2.75 bits per heavy atom. The molecule has 0 bridgehead atoms. The lowest BCUT2D eigenvalue weighted by Crippen LogP contribution is -2.24. The van der Waals surface area contributed by atoms with Gasteiger partial charge in [-0.3, -0.25) is 14.8 Å². The molecule has 2 N–H and O–H groups in total. The van der Waals surface area contributed by atoms with Crippen LogP contribution < -0.4 is 16.9 Å². The monoisotopic (exact) mass is 280 g/mol. The molecule has 0 aliphatic carbocycles. The normalized spacial score (nSPS) is 11.1. The van der Waals surface area contributed by atoms with Crippen LogP contribution in [0.4, 0.5) is 0 Å². The predicted octanol–water partition coefficient (Wildman–Crippen LogP) is 0.529. The minimum absolute atomic E-state index is 0.0873. The van der Waals surface area contributed by atoms with E-state index >= 15 is 0 Å². The Hall–Kier alpha value is -2.15. The van der Waals surface area contributed by atoms with E-state index in [2.05, 4.69) is 9.97 Å². The van der Waals surface area contributed by atoms with E-state index in [4.69, 9.17) is 9.15 Å². The second-order valence-corrected chi connectivity index (χ2v) is 4.42. The summed E-state index contributed by atoms with van der Waals surface area (Å²) in [5.41, 5.74) is -1.39. The summed E-state index contributed by atoms with van der Waals surface area (Å²) < 4.78 is 10.2. The fourth-order valence-corrected chi connectivity index (χ4v) is 1.99. The molecule has 108 valence electrons. The number of rotatable bonds is 6. The molecule has 0 aromatic carbocycles. The van der Waals surface area contributed by atoms with E-state index in [0.29, 0.717) is 31.6 Å². The predicted molar refractivity (Wildman–Crippen MR) is 73.2 cm³/mol. The van der Waals surface area contributed by atoms with Crippen LogP contribution in [0.2, 0.25) is 0 Å². The number of fused-ring (bicyclic) bond motifs is 1. The van der Waals surface area contributed by atoms with Gasteiger partial charge in [0.25, 0.3) is 5.56 Å². The van der Waals surface area contributed by atoms with Crippen molar-refractivity contribution in [1.82, 2.24) is 9.97 Å². The molecule has 0 saturated carbocycles. The smallest absolute Gasteiger partial charge is 0.337 e. The van der Waals surface area contributed by atoms with Crippen LogP contribution in [-0.4, -0.2) is 23.2 Å². The summed E-state index contributed by atoms with van der Waals surface area (Å²) in [6.45, 7) is 3.26. The summed E-state index contributed by atoms with van der Waals surface area (Å²) >= 11 is 0. The number of aromatic nitrogens is 2. The van der Waals surface area contributed by atoms with E-state index in [0.717, 1.165) is 6.42 Å². The van der Waals surface area contributed by atoms with Gasteiger partial charge in [0.15, 0.2) is 0 Å². The van der Waals surface area contributed by atoms with Crippen molar-refractivity contribution in [3.63, 3.8) is 0 Å². The first-order valence-electron chi connectivity index (χ1n) is 6.49. The number of ether oxygens (including phenoxy) is 1. The van der Waals surface area contributed by atoms with Gasteiger partial charge in [-0.1, -0.05) is 6.92 Å². The summed E-state index contributed by atoms with van der Waals surface area (Å²) in [7, 11) is 0. The van der Waals surface area contributed by atoms with Crippen molar-refractivity contribution in [2.24, 2.45) is 0 Å². The largest absolute Gasteiger partial charge is 0.405 e. The number of aromatic amines is 2. The number of aryl methyl sites for hydroxylation is 1. The number of hydrogen-bond acceptors (Lipinski definition) is 5. The Bertz CT molecular complexity index is 750. The first kappa shape index (κ1) is 14.3. The molecule has 0 aliphatic heterocycles. The zero-order valence-electron chi connectivity index (χ0n) is 11.2. The summed E-state index contributed by atoms with van der Waals surface area (Å²) in [6, 6.07) is 1.27. The molecule has 7 heteroatoms. The molecule has 0 aliphatic rings. The minimum Gasteiger partial charge on any atom is -0.405 e. The Kier molecular flexibility index (Phi) is 4.52. The molecule has 0 atom stereocenters. The molecule has 2 rings (SSSR count). The second kappa shape index (κ2) is 6.33. The summed E-state index contributed by atoms with van der Waals surface area (Å²) in [5.74, 6) is 0. The standard InChI is InChI=1S/C13H16N2O5/c1-2-5-19-6-3-4-8-7-9(16)20-12-10(8)11(17)14-13(18)15-12/h7H,2-6H2,1H3,(H2,14,15,17,18). The summed E-state index contributed by atoms with van der Waals surface area (Å²) in [5, 5.41) is 0.208. The van der Waals surface area contributed by atoms with Crippen molar-refractivity contribution >= 4 is 11.1 Å². The molecule has 0 spiro atoms. The molecule has 0 saturated heterocycles. The maximum Gasteiger partial charge on any atom is 0.337 e. The van der Waals surface area contributed by atoms with Crippen LogP contribution in [0.5, 0.6) is 0 Å². The van der Waals surface area contributed by atoms with Crippen molar-refractivity contribution in [3.05, 3.63) is 42.9 Å². The molecule has 2 aromatic rings. The molecule has 2 heterocycles. The fraction of sp³-hybridized carbons (Fsp3) is 0.462. The van der Waals surface area contributed by atoms with Crippen molar-refractivity contribution in [3.8, 4) is 0 Å². The van der Waals surface area contributed by atoms with E-state index in [1.54, 1.807) is 0 Å². The van der Waals surface area contributed by atoms with Crippen molar-refractivity contribution in [1.29, 1.82) is 0 Å². The lowest BCUT2D eigenvalue weighted by atomic mass is 10.1. The van der Waals surface area contributed by atoms with E-state index in [1.807, 2.05) is 6.92 Å². The van der Waals surface area contributed by atoms with Gasteiger partial charge in [-0.15, -0.1) is 0 Å². The highest BCUT2D eigenvalue weighted by molar-refractivity contribution is 5.75. The highest BCUT2D eigenvalue weighted by Gasteiger charge is 2.10. The summed E-state index contributed by atoms with van der Waals surface area (Å²) in [4.78, 5) is 38.8. The van der Waals surface area contributed by atoms with Gasteiger partial charge < -0.3 is 9.15 Å². The third kappa shape index (κ3) is 3.24. The average molecular weight is 280 g/mol. The Morgan fingerprint density at radius 2 is 2.00 bits per heavy atom. The molecule has 7 nitrogen and oxygen atoms in total. The number of H-pyrrole nitrogens is 2. The van der Waals surface area contributed by atoms with Gasteiger partial charge in [-0.25, -0.2) is 9.59 Å². The molecule has 0 amide bonds. The first-order chi connectivity index (χ1) is 9.61. The SMILES string of the molecule is CCCOCCCc1cc(=O)oc2[nH]c(=O)[nH]c(=O)c12. The number of hydrogen-bond donors (Lipinski definition) is 2. The van der Waals surface area contributed by atoms with Crippen LogP contribution in [0.25, 0.3) is 11.1 Å². The van der Waals surface area contributed by atoms with Crippen LogP contribution in [0.3, 0.4) is 0 Å². The molecule has 0 unspecified atom stereocenters. The van der Waals surface area contributed by atoms with E-state index < -0.39 is 16.9 Å². The summed E-state index contributed by atoms with van der Waals surface area (Å²) in [6.07, 6.45) is 2.12. The van der Waals surface area contributed by atoms with Crippen molar-refractivity contribution in [2.75, 3.05) is 13.2 Å². The van der Waals surface area contributed by atoms with Gasteiger partial charge in [0.05, 0.1) is 0 Å². The molecule has 20 heavy (non-hydrogen) atoms. The molecule has 0 fully saturated rings. The maximum atomic E-state index is 11.8. The highest BCUT2D eigenvalue weighted by atomic mass is 16.5. The van der Waals surface area contributed by atoms with Crippen LogP contribution in [-0.2, 0) is 11.2 Å². The van der Waals surface area contributed by atoms with Gasteiger partial charge in [0, 0.05) is 19.3 Å². The van der Waals surface area contributed by atoms with Crippen LogP contribution in [0.1, 0.15) is 25.3 Å². The Morgan fingerprint density at radius 1 is 1.20 bits per heavy atom. The zero-order valence-corrected chi connectivity index (χ0v) is 11.2. The van der Waals surface area contributed by atoms with Gasteiger partial charge >= 0.3 is 11.3 Å². The fourth-order valence-electron chi connectivity index (χ4n) is 1.99. The Balaban J connectivity index is 2.30. The second-order valence-electron chi connectivity index (χ2n) is 4.42. The third-order valence-corrected chi connectivity index (χ3v) is 2.81. The maximum absolute atomic E-state index is 11.8. The lowest BCUT2D eigenvalue weighted by Gasteiger charge is -2.04. The van der Waals surface area contributed by atoms with Gasteiger partial charge in [-0.05, 0) is 24.8 Å². The van der Waals surface area contributed by atoms with E-state index in [1.165, 1.54) is 6.07 Å². The zero-order chi connectivity index (χ0) is 14.5. The molecule has 2 aromatic heterocycles. The minimum atomic E-state index is -0.700. The first-order valence-corrected chi connectivity index (χ1v) is 6.49. The van der Waals surface area contributed by atoms with E-state index in [9.17, 15) is 14.4 Å². The van der Waals surface area contributed by atoms with Gasteiger partial charge in [-0.2, -0.15) is 0 Å². The molecular weight excluding hydrogens is 264 g/mol. The molecule has 0 radical (unpaired) electrons.